The van der Waals surface area contributed by atoms with Crippen LogP contribution in [0.1, 0.15) is 46.1 Å². The molecular formula is C37H48F2N8O4. The van der Waals surface area contributed by atoms with Crippen LogP contribution in [0.5, 0.6) is 11.5 Å². The second-order valence-corrected chi connectivity index (χ2v) is 12.0. The lowest BCUT2D eigenvalue weighted by Gasteiger charge is -2.37. The number of methoxy groups -OCH3 is 1. The first kappa shape index (κ1) is 38.6. The van der Waals surface area contributed by atoms with Crippen molar-refractivity contribution in [2.75, 3.05) is 49.7 Å². The van der Waals surface area contributed by atoms with Gasteiger partial charge in [0, 0.05) is 50.7 Å². The number of aliphatic hydroxyl groups is 1. The third kappa shape index (κ3) is 10.9. The first-order chi connectivity index (χ1) is 24.6. The number of ether oxygens (including phenoxy) is 2. The number of aryl methyl sites for hydroxylation is 1. The van der Waals surface area contributed by atoms with E-state index in [0.29, 0.717) is 13.0 Å². The monoisotopic (exact) mass is 706 g/mol. The Labute approximate surface area is 297 Å². The van der Waals surface area contributed by atoms with Crippen LogP contribution in [0.4, 0.5) is 20.2 Å². The molecule has 1 N–H and O–H groups in total. The van der Waals surface area contributed by atoms with Gasteiger partial charge in [0.05, 0.1) is 31.5 Å². The van der Waals surface area contributed by atoms with Gasteiger partial charge in [0.25, 0.3) is 0 Å². The predicted molar refractivity (Wildman–Crippen MR) is 194 cm³/mol. The summed E-state index contributed by atoms with van der Waals surface area (Å²) in [5.41, 5.74) is 2.87. The number of nitrogens with zero attached hydrogens (tertiary/aromatic N) is 8. The van der Waals surface area contributed by atoms with Crippen LogP contribution < -0.4 is 25.0 Å². The maximum atomic E-state index is 12.9. The highest BCUT2D eigenvalue weighted by Crippen LogP contribution is 2.24. The molecule has 1 aliphatic heterocycles. The molecule has 14 heteroatoms. The predicted octanol–water partition coefficient (Wildman–Crippen LogP) is 5.66. The molecule has 0 bridgehead atoms. The summed E-state index contributed by atoms with van der Waals surface area (Å²) in [6.45, 7) is 9.85. The van der Waals surface area contributed by atoms with Gasteiger partial charge in [-0.25, -0.2) is 27.8 Å². The summed E-state index contributed by atoms with van der Waals surface area (Å²) in [6.07, 6.45) is 6.52. The lowest BCUT2D eigenvalue weighted by atomic mass is 10.1. The van der Waals surface area contributed by atoms with E-state index in [0.717, 1.165) is 62.2 Å². The summed E-state index contributed by atoms with van der Waals surface area (Å²) >= 11 is 0. The molecule has 12 nitrogen and oxygen atoms in total. The van der Waals surface area contributed by atoms with Crippen molar-refractivity contribution in [1.29, 1.82) is 0 Å². The number of hydrogen-bond donors (Lipinski definition) is 1. The molecule has 1 unspecified atom stereocenters. The van der Waals surface area contributed by atoms with Gasteiger partial charge in [0.1, 0.15) is 30.5 Å². The fraction of sp³-hybridized carbons (Fsp3) is 0.405. The van der Waals surface area contributed by atoms with Gasteiger partial charge in [-0.3, -0.25) is 4.68 Å². The number of rotatable bonds is 11. The smallest absolute Gasteiger partial charge is 0.350 e. The number of aromatic nitrogens is 6. The Hall–Kier alpha value is -5.24. The Bertz CT molecular complexity index is 1790. The number of benzene rings is 3. The third-order valence-electron chi connectivity index (χ3n) is 8.38. The normalized spacial score (nSPS) is 13.7. The molecule has 51 heavy (non-hydrogen) atoms. The number of anilines is 2. The average Bonchev–Trinajstić information content (AvgIpc) is 3.78. The summed E-state index contributed by atoms with van der Waals surface area (Å²) in [7, 11) is 3.51. The molecule has 3 aromatic carbocycles. The van der Waals surface area contributed by atoms with Crippen LogP contribution in [0, 0.1) is 11.6 Å². The van der Waals surface area contributed by atoms with Gasteiger partial charge in [-0.2, -0.15) is 10.2 Å². The Morgan fingerprint density at radius 2 is 1.47 bits per heavy atom. The van der Waals surface area contributed by atoms with Crippen LogP contribution in [0.25, 0.3) is 5.69 Å². The van der Waals surface area contributed by atoms with E-state index in [1.807, 2.05) is 57.3 Å². The molecule has 0 amide bonds. The highest BCUT2D eigenvalue weighted by molar-refractivity contribution is 5.54. The van der Waals surface area contributed by atoms with Crippen LogP contribution in [-0.2, 0) is 7.05 Å². The van der Waals surface area contributed by atoms with Crippen molar-refractivity contribution in [3.63, 3.8) is 0 Å². The van der Waals surface area contributed by atoms with E-state index in [1.165, 1.54) is 39.7 Å². The van der Waals surface area contributed by atoms with Crippen LogP contribution in [0.3, 0.4) is 0 Å². The topological polar surface area (TPSA) is 116 Å². The van der Waals surface area contributed by atoms with Gasteiger partial charge in [-0.1, -0.05) is 20.3 Å². The zero-order valence-electron chi connectivity index (χ0n) is 29.9. The zero-order chi connectivity index (χ0) is 36.8. The van der Waals surface area contributed by atoms with Crippen molar-refractivity contribution in [3.8, 4) is 17.2 Å². The van der Waals surface area contributed by atoms with Crippen molar-refractivity contribution in [3.05, 3.63) is 108 Å². The van der Waals surface area contributed by atoms with Crippen molar-refractivity contribution in [2.45, 2.75) is 52.2 Å². The summed E-state index contributed by atoms with van der Waals surface area (Å²) in [6, 6.07) is 19.2. The molecule has 2 aromatic heterocycles. The Morgan fingerprint density at radius 1 is 0.863 bits per heavy atom. The Morgan fingerprint density at radius 3 is 1.94 bits per heavy atom. The van der Waals surface area contributed by atoms with Crippen LogP contribution in [-0.4, -0.2) is 80.2 Å². The standard InChI is InChI=1S/C24H31N5O3.C10H12F2O.C3H5N3/c1-4-23(18(2)30)29-24(31)28(17-25-29)21-7-5-19(6-8-21)26-13-15-27(16-14-26)20-9-11-22(32-3)12-10-20;1-2-3-6-13-10-5-4-8(11)7-9(10)12;1-6-3-4-2-5-6/h5-12,17-18,23,30H,4,13-16H2,1-3H3;4-5,7H,2-3,6H2,1H3;2-3H,1H3/t18?,23-;;/m0../s1. The van der Waals surface area contributed by atoms with Gasteiger partial charge >= 0.3 is 5.69 Å². The van der Waals surface area contributed by atoms with E-state index in [9.17, 15) is 18.7 Å². The molecule has 1 saturated heterocycles. The fourth-order valence-corrected chi connectivity index (χ4v) is 5.47. The van der Waals surface area contributed by atoms with Gasteiger partial charge in [-0.15, -0.1) is 0 Å². The van der Waals surface area contributed by atoms with E-state index in [1.54, 1.807) is 25.0 Å². The van der Waals surface area contributed by atoms with Gasteiger partial charge in [-0.05, 0) is 80.4 Å². The van der Waals surface area contributed by atoms with E-state index in [4.69, 9.17) is 9.47 Å². The minimum atomic E-state index is -0.642. The number of unbranched alkanes of at least 4 members (excludes halogenated alkanes) is 1. The molecule has 0 saturated carbocycles. The summed E-state index contributed by atoms with van der Waals surface area (Å²) in [5.74, 6) is -0.237. The van der Waals surface area contributed by atoms with Crippen molar-refractivity contribution < 1.29 is 23.4 Å². The molecule has 6 rings (SSSR count). The third-order valence-corrected chi connectivity index (χ3v) is 8.38. The fourth-order valence-electron chi connectivity index (χ4n) is 5.47. The molecule has 0 radical (unpaired) electrons. The maximum absolute atomic E-state index is 12.9. The molecule has 2 atom stereocenters. The van der Waals surface area contributed by atoms with Crippen LogP contribution in [0.2, 0.25) is 0 Å². The van der Waals surface area contributed by atoms with E-state index >= 15 is 0 Å². The Balaban J connectivity index is 0.000000250. The number of halogens is 2. The van der Waals surface area contributed by atoms with Crippen molar-refractivity contribution in [2.24, 2.45) is 7.05 Å². The minimum Gasteiger partial charge on any atom is -0.497 e. The second-order valence-electron chi connectivity index (χ2n) is 12.0. The van der Waals surface area contributed by atoms with E-state index in [2.05, 4.69) is 37.1 Å². The lowest BCUT2D eigenvalue weighted by Crippen LogP contribution is -2.46. The summed E-state index contributed by atoms with van der Waals surface area (Å²) in [4.78, 5) is 21.2. The van der Waals surface area contributed by atoms with E-state index in [-0.39, 0.29) is 17.5 Å². The molecule has 0 aliphatic carbocycles. The van der Waals surface area contributed by atoms with Crippen molar-refractivity contribution in [1.82, 2.24) is 29.1 Å². The Kier molecular flexibility index (Phi) is 14.5. The molecule has 1 aliphatic rings. The summed E-state index contributed by atoms with van der Waals surface area (Å²) in [5, 5.41) is 17.9. The molecule has 3 heterocycles. The number of hydrogen-bond acceptors (Lipinski definition) is 9. The number of piperazine rings is 1. The first-order valence-corrected chi connectivity index (χ1v) is 17.1. The van der Waals surface area contributed by atoms with Crippen LogP contribution >= 0.6 is 0 Å². The lowest BCUT2D eigenvalue weighted by molar-refractivity contribution is 0.118. The average molecular weight is 707 g/mol. The SMILES string of the molecule is CCCCOc1ccc(F)cc1F.CC[C@@H](C(C)O)n1ncn(-c2ccc(N3CCN(c4ccc(OC)cc4)CC3)cc2)c1=O.Cn1cncn1. The maximum Gasteiger partial charge on any atom is 0.350 e. The first-order valence-electron chi connectivity index (χ1n) is 17.1. The van der Waals surface area contributed by atoms with Gasteiger partial charge < -0.3 is 24.4 Å². The summed E-state index contributed by atoms with van der Waals surface area (Å²) < 4.78 is 40.2. The van der Waals surface area contributed by atoms with Crippen molar-refractivity contribution >= 4 is 11.4 Å². The van der Waals surface area contributed by atoms with Crippen LogP contribution in [0.15, 0.2) is 90.5 Å². The zero-order valence-corrected chi connectivity index (χ0v) is 29.9. The second kappa shape index (κ2) is 19.2. The highest BCUT2D eigenvalue weighted by Gasteiger charge is 2.21. The molecule has 5 aromatic rings. The van der Waals surface area contributed by atoms with Gasteiger partial charge in [0.15, 0.2) is 11.6 Å². The molecule has 274 valence electrons. The van der Waals surface area contributed by atoms with Gasteiger partial charge in [0.2, 0.25) is 0 Å². The number of aliphatic hydroxyl groups excluding tert-OH is 1. The molecule has 0 spiro atoms. The molecule has 1 fully saturated rings. The quantitative estimate of drug-likeness (QED) is 0.174. The largest absolute Gasteiger partial charge is 0.497 e. The molecular weight excluding hydrogens is 658 g/mol. The highest BCUT2D eigenvalue weighted by atomic mass is 19.1. The minimum absolute atomic E-state index is 0.120. The van der Waals surface area contributed by atoms with E-state index < -0.39 is 17.7 Å².